The molecule has 0 bridgehead atoms. The number of quaternary nitrogens is 1. The fourth-order valence-corrected chi connectivity index (χ4v) is 3.18. The van der Waals surface area contributed by atoms with Gasteiger partial charge < -0.3 is 19.9 Å². The maximum atomic E-state index is 12.6. The van der Waals surface area contributed by atoms with Gasteiger partial charge in [-0.25, -0.2) is 0 Å². The molecule has 2 rings (SSSR count). The molecular formula is C20H30N3O3+. The summed E-state index contributed by atoms with van der Waals surface area (Å²) in [5, 5.41) is 2.85. The number of ether oxygens (including phenoxy) is 1. The molecule has 1 atom stereocenters. The van der Waals surface area contributed by atoms with Crippen molar-refractivity contribution < 1.29 is 19.2 Å². The van der Waals surface area contributed by atoms with Crippen LogP contribution in [0.3, 0.4) is 0 Å². The Hall–Kier alpha value is -2.34. The maximum Gasteiger partial charge on any atom is 0.281 e. The van der Waals surface area contributed by atoms with Crippen molar-refractivity contribution in [3.05, 3.63) is 36.0 Å². The summed E-state index contributed by atoms with van der Waals surface area (Å²) in [5.41, 5.74) is 1.86. The van der Waals surface area contributed by atoms with Gasteiger partial charge in [-0.1, -0.05) is 6.08 Å². The third-order valence-corrected chi connectivity index (χ3v) is 4.52. The second kappa shape index (κ2) is 9.97. The van der Waals surface area contributed by atoms with Gasteiger partial charge in [0.15, 0.2) is 13.1 Å². The summed E-state index contributed by atoms with van der Waals surface area (Å²) in [5.74, 6) is 0.712. The van der Waals surface area contributed by atoms with Crippen molar-refractivity contribution in [2.45, 2.75) is 32.6 Å². The van der Waals surface area contributed by atoms with E-state index in [1.165, 1.54) is 6.42 Å². The average Bonchev–Trinajstić information content (AvgIpc) is 2.63. The molecule has 0 heterocycles. The Morgan fingerprint density at radius 3 is 2.50 bits per heavy atom. The standard InChI is InChI=1S/C20H29N3O3/c1-4-23(17-8-6-5-7-9-17)20(25)15-22(2)14-19(24)21-16-10-12-18(26-3)13-11-16/h8,10-13H,4-7,9,14-15H2,1-3H3,(H,21,24)/p+1. The van der Waals surface area contributed by atoms with Crippen molar-refractivity contribution in [3.8, 4) is 5.75 Å². The van der Waals surface area contributed by atoms with Crippen molar-refractivity contribution >= 4 is 17.5 Å². The van der Waals surface area contributed by atoms with Crippen molar-refractivity contribution in [2.24, 2.45) is 0 Å². The summed E-state index contributed by atoms with van der Waals surface area (Å²) in [6.45, 7) is 3.23. The van der Waals surface area contributed by atoms with Gasteiger partial charge in [0.05, 0.1) is 14.2 Å². The molecule has 6 nitrogen and oxygen atoms in total. The summed E-state index contributed by atoms with van der Waals surface area (Å²) >= 11 is 0. The number of carbonyl (C=O) groups excluding carboxylic acids is 2. The van der Waals surface area contributed by atoms with Crippen LogP contribution in [0, 0.1) is 0 Å². The Balaban J connectivity index is 1.83. The van der Waals surface area contributed by atoms with Crippen molar-refractivity contribution in [2.75, 3.05) is 39.1 Å². The maximum absolute atomic E-state index is 12.6. The second-order valence-corrected chi connectivity index (χ2v) is 6.67. The first-order chi connectivity index (χ1) is 12.5. The molecule has 2 N–H and O–H groups in total. The number of hydrogen-bond acceptors (Lipinski definition) is 3. The zero-order valence-electron chi connectivity index (χ0n) is 16.0. The molecule has 2 amide bonds. The summed E-state index contributed by atoms with van der Waals surface area (Å²) < 4.78 is 5.10. The molecule has 1 aliphatic carbocycles. The predicted molar refractivity (Wildman–Crippen MR) is 102 cm³/mol. The Bertz CT molecular complexity index is 640. The van der Waals surface area contributed by atoms with Crippen molar-refractivity contribution in [3.63, 3.8) is 0 Å². The lowest BCUT2D eigenvalue weighted by atomic mass is 10.0. The van der Waals surface area contributed by atoms with Crippen molar-refractivity contribution in [1.82, 2.24) is 4.90 Å². The molecule has 0 saturated heterocycles. The van der Waals surface area contributed by atoms with Crippen LogP contribution in [0.4, 0.5) is 5.69 Å². The van der Waals surface area contributed by atoms with E-state index in [-0.39, 0.29) is 18.4 Å². The van der Waals surface area contributed by atoms with E-state index in [1.807, 2.05) is 18.9 Å². The fourth-order valence-electron chi connectivity index (χ4n) is 3.18. The Labute approximate surface area is 155 Å². The van der Waals surface area contributed by atoms with E-state index in [9.17, 15) is 9.59 Å². The number of nitrogens with one attached hydrogen (secondary N) is 2. The third kappa shape index (κ3) is 5.88. The van der Waals surface area contributed by atoms with E-state index in [4.69, 9.17) is 4.74 Å². The van der Waals surface area contributed by atoms with Gasteiger partial charge in [0.1, 0.15) is 5.75 Å². The molecule has 0 radical (unpaired) electrons. The normalized spacial score (nSPS) is 15.0. The number of anilines is 1. The smallest absolute Gasteiger partial charge is 0.281 e. The van der Waals surface area contributed by atoms with E-state index in [1.54, 1.807) is 31.4 Å². The van der Waals surface area contributed by atoms with Crippen LogP contribution in [0.2, 0.25) is 0 Å². The van der Waals surface area contributed by atoms with E-state index in [2.05, 4.69) is 11.4 Å². The highest BCUT2D eigenvalue weighted by Crippen LogP contribution is 2.20. The predicted octanol–water partition coefficient (Wildman–Crippen LogP) is 1.45. The first-order valence-electron chi connectivity index (χ1n) is 9.28. The first kappa shape index (κ1) is 20.0. The van der Waals surface area contributed by atoms with Gasteiger partial charge in [-0.2, -0.15) is 0 Å². The molecule has 142 valence electrons. The van der Waals surface area contributed by atoms with E-state index < -0.39 is 0 Å². The van der Waals surface area contributed by atoms with Crippen LogP contribution < -0.4 is 15.0 Å². The summed E-state index contributed by atoms with van der Waals surface area (Å²) in [4.78, 5) is 27.5. The monoisotopic (exact) mass is 360 g/mol. The number of hydrogen-bond donors (Lipinski definition) is 2. The molecular weight excluding hydrogens is 330 g/mol. The van der Waals surface area contributed by atoms with Gasteiger partial charge in [0.25, 0.3) is 11.8 Å². The lowest BCUT2D eigenvalue weighted by Crippen LogP contribution is -3.11. The van der Waals surface area contributed by atoms with Crippen LogP contribution in [-0.2, 0) is 9.59 Å². The fraction of sp³-hybridized carbons (Fsp3) is 0.500. The summed E-state index contributed by atoms with van der Waals surface area (Å²) in [6, 6.07) is 7.19. The lowest BCUT2D eigenvalue weighted by molar-refractivity contribution is -0.862. The summed E-state index contributed by atoms with van der Waals surface area (Å²) in [7, 11) is 3.47. The zero-order chi connectivity index (χ0) is 18.9. The Kier molecular flexibility index (Phi) is 7.66. The lowest BCUT2D eigenvalue weighted by Gasteiger charge is -2.27. The van der Waals surface area contributed by atoms with Gasteiger partial charge in [-0.3, -0.25) is 9.59 Å². The van der Waals surface area contributed by atoms with Gasteiger partial charge in [-0.05, 0) is 56.9 Å². The van der Waals surface area contributed by atoms with Gasteiger partial charge >= 0.3 is 0 Å². The van der Waals surface area contributed by atoms with E-state index >= 15 is 0 Å². The number of rotatable bonds is 8. The Morgan fingerprint density at radius 2 is 1.92 bits per heavy atom. The molecule has 0 spiro atoms. The molecule has 1 aromatic rings. The van der Waals surface area contributed by atoms with Crippen LogP contribution >= 0.6 is 0 Å². The minimum atomic E-state index is -0.111. The van der Waals surface area contributed by atoms with Crippen LogP contribution in [-0.4, -0.2) is 50.5 Å². The molecule has 0 fully saturated rings. The van der Waals surface area contributed by atoms with Gasteiger partial charge in [0, 0.05) is 17.9 Å². The molecule has 1 aliphatic rings. The van der Waals surface area contributed by atoms with Crippen LogP contribution in [0.25, 0.3) is 0 Å². The third-order valence-electron chi connectivity index (χ3n) is 4.52. The number of allylic oxidation sites excluding steroid dienone is 2. The number of likely N-dealkylation sites (N-methyl/N-ethyl adjacent to an activating group) is 2. The minimum absolute atomic E-state index is 0.0791. The van der Waals surface area contributed by atoms with Crippen LogP contribution in [0.1, 0.15) is 32.6 Å². The quantitative estimate of drug-likeness (QED) is 0.738. The minimum Gasteiger partial charge on any atom is -0.497 e. The largest absolute Gasteiger partial charge is 0.497 e. The molecule has 0 aliphatic heterocycles. The SMILES string of the molecule is CCN(C(=O)C[NH+](C)CC(=O)Nc1ccc(OC)cc1)C1=CCCCC1. The topological polar surface area (TPSA) is 63.1 Å². The van der Waals surface area contributed by atoms with Crippen molar-refractivity contribution in [1.29, 1.82) is 0 Å². The van der Waals surface area contributed by atoms with Gasteiger partial charge in [-0.15, -0.1) is 0 Å². The number of carbonyl (C=O) groups is 2. The van der Waals surface area contributed by atoms with Crippen LogP contribution in [0.15, 0.2) is 36.0 Å². The Morgan fingerprint density at radius 1 is 1.19 bits per heavy atom. The second-order valence-electron chi connectivity index (χ2n) is 6.67. The number of amides is 2. The van der Waals surface area contributed by atoms with E-state index in [0.717, 1.165) is 41.3 Å². The first-order valence-corrected chi connectivity index (χ1v) is 9.28. The zero-order valence-corrected chi connectivity index (χ0v) is 16.0. The molecule has 1 aromatic carbocycles. The average molecular weight is 360 g/mol. The molecule has 6 heteroatoms. The molecule has 0 saturated carbocycles. The highest BCUT2D eigenvalue weighted by molar-refractivity contribution is 5.91. The number of methoxy groups -OCH3 is 1. The molecule has 26 heavy (non-hydrogen) atoms. The highest BCUT2D eigenvalue weighted by Gasteiger charge is 2.22. The van der Waals surface area contributed by atoms with Gasteiger partial charge in [0.2, 0.25) is 0 Å². The number of nitrogens with zero attached hydrogens (tertiary/aromatic N) is 1. The summed E-state index contributed by atoms with van der Waals surface area (Å²) in [6.07, 6.45) is 6.54. The van der Waals surface area contributed by atoms with Crippen LogP contribution in [0.5, 0.6) is 5.75 Å². The molecule has 1 unspecified atom stereocenters. The molecule has 0 aromatic heterocycles. The highest BCUT2D eigenvalue weighted by atomic mass is 16.5. The van der Waals surface area contributed by atoms with E-state index in [0.29, 0.717) is 13.1 Å². The number of benzene rings is 1.